The Morgan fingerprint density at radius 3 is 2.35 bits per heavy atom. The Labute approximate surface area is 222 Å². The number of benzene rings is 1. The van der Waals surface area contributed by atoms with Gasteiger partial charge in [0.25, 0.3) is 0 Å². The number of anilines is 1. The standard InChI is InChI=1S/C30H36N4O.C2H6/c1-3-7-27-28(20-31)30(22-12-14-24(15-13-22)33-21(2)32-23-8-6-9-23)34(25-16-17-25)29(27)18-19-35-26-10-4-5-11-26;1-2/h3,7,12-15,18,23,25-26,32-33H,1-2,4-6,8-11,16-17,19H2;1-2H3/b27-7-,29-18+;. The van der Waals surface area contributed by atoms with E-state index in [1.54, 1.807) is 6.08 Å². The van der Waals surface area contributed by atoms with E-state index in [9.17, 15) is 5.26 Å². The third-order valence-corrected chi connectivity index (χ3v) is 7.44. The number of nitrogens with one attached hydrogen (secondary N) is 2. The molecule has 196 valence electrons. The molecule has 5 heteroatoms. The highest BCUT2D eigenvalue weighted by atomic mass is 16.5. The Bertz CT molecular complexity index is 1230. The number of hydrogen-bond donors (Lipinski definition) is 2. The first-order valence-electron chi connectivity index (χ1n) is 14.1. The first kappa shape index (κ1) is 26.8. The van der Waals surface area contributed by atoms with Crippen LogP contribution in [0.4, 0.5) is 5.69 Å². The highest BCUT2D eigenvalue weighted by Crippen LogP contribution is 2.38. The molecule has 2 aromatic rings. The van der Waals surface area contributed by atoms with Crippen molar-refractivity contribution in [3.63, 3.8) is 0 Å². The lowest BCUT2D eigenvalue weighted by Gasteiger charge is -2.28. The van der Waals surface area contributed by atoms with Crippen LogP contribution in [0.3, 0.4) is 0 Å². The Balaban J connectivity index is 0.00000156. The molecule has 5 nitrogen and oxygen atoms in total. The summed E-state index contributed by atoms with van der Waals surface area (Å²) >= 11 is 0. The zero-order chi connectivity index (χ0) is 26.2. The van der Waals surface area contributed by atoms with Gasteiger partial charge in [0.1, 0.15) is 6.07 Å². The van der Waals surface area contributed by atoms with Crippen molar-refractivity contribution < 1.29 is 4.74 Å². The third-order valence-electron chi connectivity index (χ3n) is 7.44. The van der Waals surface area contributed by atoms with Crippen molar-refractivity contribution in [2.24, 2.45) is 0 Å². The molecular weight excluding hydrogens is 456 g/mol. The fourth-order valence-corrected chi connectivity index (χ4v) is 5.27. The van der Waals surface area contributed by atoms with Crippen LogP contribution in [0.15, 0.2) is 49.3 Å². The summed E-state index contributed by atoms with van der Waals surface area (Å²) in [6.45, 7) is 12.6. The fourth-order valence-electron chi connectivity index (χ4n) is 5.27. The molecule has 0 spiro atoms. The first-order chi connectivity index (χ1) is 18.2. The molecule has 0 saturated heterocycles. The van der Waals surface area contributed by atoms with E-state index in [1.807, 2.05) is 19.9 Å². The minimum Gasteiger partial charge on any atom is -0.374 e. The lowest BCUT2D eigenvalue weighted by molar-refractivity contribution is 0.0858. The molecule has 0 unspecified atom stereocenters. The predicted molar refractivity (Wildman–Crippen MR) is 154 cm³/mol. The Kier molecular flexibility index (Phi) is 9.30. The van der Waals surface area contributed by atoms with Gasteiger partial charge in [0.2, 0.25) is 0 Å². The monoisotopic (exact) mass is 498 g/mol. The molecule has 0 aliphatic heterocycles. The van der Waals surface area contributed by atoms with Crippen LogP contribution in [0.1, 0.15) is 83.2 Å². The molecule has 0 amide bonds. The Morgan fingerprint density at radius 2 is 1.78 bits per heavy atom. The highest BCUT2D eigenvalue weighted by molar-refractivity contribution is 5.72. The summed E-state index contributed by atoms with van der Waals surface area (Å²) in [5, 5.41) is 19.1. The molecule has 1 aromatic heterocycles. The van der Waals surface area contributed by atoms with E-state index in [-0.39, 0.29) is 0 Å². The molecule has 0 bridgehead atoms. The summed E-state index contributed by atoms with van der Waals surface area (Å²) in [7, 11) is 0. The van der Waals surface area contributed by atoms with Gasteiger partial charge >= 0.3 is 0 Å². The van der Waals surface area contributed by atoms with Crippen molar-refractivity contribution in [2.75, 3.05) is 11.9 Å². The molecule has 0 radical (unpaired) electrons. The molecule has 3 aliphatic carbocycles. The molecule has 1 aromatic carbocycles. The predicted octanol–water partition coefficient (Wildman–Crippen LogP) is 6.12. The van der Waals surface area contributed by atoms with Crippen LogP contribution in [0.2, 0.25) is 0 Å². The number of nitrogens with zero attached hydrogens (tertiary/aromatic N) is 2. The molecule has 0 atom stereocenters. The number of allylic oxidation sites excluding steroid dienone is 1. The van der Waals surface area contributed by atoms with Gasteiger partial charge in [-0.2, -0.15) is 5.26 Å². The number of nitriles is 1. The highest BCUT2D eigenvalue weighted by Gasteiger charge is 2.29. The second kappa shape index (κ2) is 12.8. The molecule has 3 fully saturated rings. The maximum atomic E-state index is 10.2. The van der Waals surface area contributed by atoms with Crippen molar-refractivity contribution in [1.29, 1.82) is 5.26 Å². The smallest absolute Gasteiger partial charge is 0.102 e. The molecule has 3 aliphatic rings. The first-order valence-corrected chi connectivity index (χ1v) is 14.1. The number of hydrogen-bond acceptors (Lipinski definition) is 4. The average molecular weight is 499 g/mol. The van der Waals surface area contributed by atoms with Crippen molar-refractivity contribution >= 4 is 17.8 Å². The molecule has 5 rings (SSSR count). The number of aromatic nitrogens is 1. The average Bonchev–Trinajstić information content (AvgIpc) is 3.50. The van der Waals surface area contributed by atoms with E-state index in [2.05, 4.69) is 64.8 Å². The van der Waals surface area contributed by atoms with Gasteiger partial charge in [0, 0.05) is 28.3 Å². The maximum Gasteiger partial charge on any atom is 0.102 e. The summed E-state index contributed by atoms with van der Waals surface area (Å²) < 4.78 is 8.53. The molecule has 2 N–H and O–H groups in total. The van der Waals surface area contributed by atoms with Gasteiger partial charge in [0.15, 0.2) is 0 Å². The van der Waals surface area contributed by atoms with Crippen LogP contribution in [0, 0.1) is 11.3 Å². The van der Waals surface area contributed by atoms with Crippen LogP contribution in [-0.2, 0) is 4.74 Å². The summed E-state index contributed by atoms with van der Waals surface area (Å²) in [6.07, 6.45) is 17.1. The largest absolute Gasteiger partial charge is 0.374 e. The zero-order valence-electron chi connectivity index (χ0n) is 22.6. The van der Waals surface area contributed by atoms with Crippen molar-refractivity contribution in [3.05, 3.63) is 65.5 Å². The van der Waals surface area contributed by atoms with Gasteiger partial charge in [-0.3, -0.25) is 0 Å². The molecule has 3 saturated carbocycles. The van der Waals surface area contributed by atoms with Crippen LogP contribution in [0.5, 0.6) is 0 Å². The van der Waals surface area contributed by atoms with Crippen molar-refractivity contribution in [1.82, 2.24) is 9.88 Å². The van der Waals surface area contributed by atoms with Gasteiger partial charge in [-0.15, -0.1) is 0 Å². The van der Waals surface area contributed by atoms with Gasteiger partial charge in [-0.25, -0.2) is 0 Å². The van der Waals surface area contributed by atoms with E-state index < -0.39 is 0 Å². The summed E-state index contributed by atoms with van der Waals surface area (Å²) in [5.41, 5.74) is 3.74. The Morgan fingerprint density at radius 1 is 1.08 bits per heavy atom. The summed E-state index contributed by atoms with van der Waals surface area (Å²) in [6, 6.07) is 11.8. The normalized spacial score (nSPS) is 18.5. The van der Waals surface area contributed by atoms with Crippen molar-refractivity contribution in [2.45, 2.75) is 89.8 Å². The van der Waals surface area contributed by atoms with Crippen LogP contribution in [-0.4, -0.2) is 23.3 Å². The van der Waals surface area contributed by atoms with Crippen LogP contribution >= 0.6 is 0 Å². The Hall–Kier alpha value is -3.23. The van der Waals surface area contributed by atoms with Gasteiger partial charge in [0.05, 0.1) is 29.8 Å². The van der Waals surface area contributed by atoms with Crippen molar-refractivity contribution in [3.8, 4) is 17.3 Å². The summed E-state index contributed by atoms with van der Waals surface area (Å²) in [4.78, 5) is 0. The van der Waals surface area contributed by atoms with Crippen LogP contribution in [0.25, 0.3) is 23.4 Å². The van der Waals surface area contributed by atoms with E-state index >= 15 is 0 Å². The fraction of sp³-hybridized carbons (Fsp3) is 0.469. The molecule has 37 heavy (non-hydrogen) atoms. The number of ether oxygens (including phenoxy) is 1. The molecular formula is C32H42N4O. The van der Waals surface area contributed by atoms with E-state index in [4.69, 9.17) is 4.74 Å². The van der Waals surface area contributed by atoms with Gasteiger partial charge in [-0.1, -0.05) is 64.1 Å². The summed E-state index contributed by atoms with van der Waals surface area (Å²) in [5.74, 6) is 0.837. The topological polar surface area (TPSA) is 62.0 Å². The zero-order valence-corrected chi connectivity index (χ0v) is 22.6. The second-order valence-corrected chi connectivity index (χ2v) is 10.0. The van der Waals surface area contributed by atoms with Gasteiger partial charge in [-0.05, 0) is 68.7 Å². The minimum absolute atomic E-state index is 0.367. The van der Waals surface area contributed by atoms with E-state index in [1.165, 1.54) is 32.1 Å². The lowest BCUT2D eigenvalue weighted by Crippen LogP contribution is -2.36. The third kappa shape index (κ3) is 6.37. The second-order valence-electron chi connectivity index (χ2n) is 10.0. The lowest BCUT2D eigenvalue weighted by atomic mass is 9.93. The van der Waals surface area contributed by atoms with E-state index in [0.717, 1.165) is 59.0 Å². The van der Waals surface area contributed by atoms with Crippen LogP contribution < -0.4 is 21.2 Å². The SMILES string of the molecule is C=C/C=c1/c(C#N)c(-c2ccc(NC(=C)NC3CCC3)cc2)n(C2CC2)/c1=C/COC1CCCC1.CC. The maximum absolute atomic E-state index is 10.2. The number of rotatable bonds is 10. The van der Waals surface area contributed by atoms with E-state index in [0.29, 0.717) is 30.4 Å². The molecule has 1 heterocycles. The van der Waals surface area contributed by atoms with Gasteiger partial charge < -0.3 is 19.9 Å². The minimum atomic E-state index is 0.367. The quantitative estimate of drug-likeness (QED) is 0.414.